The number of nitro groups is 1. The number of nitro benzene ring substituents is 1. The SMILES string of the molecule is CC(C)(C)C(O[SiH3])C(C)(C)N(c1ccc(C=CC=CC=Cc2ccc([N+](=O)[O-])cc2)cc1)C(C)(C)C(O[SiH3])C(C)(C)C. The monoisotopic (exact) mass is 608 g/mol. The molecule has 0 aliphatic heterocycles. The molecule has 0 N–H and O–H groups in total. The zero-order chi connectivity index (χ0) is 31.9. The molecule has 0 spiro atoms. The molecule has 230 valence electrons. The lowest BCUT2D eigenvalue weighted by Gasteiger charge is -2.59. The van der Waals surface area contributed by atoms with E-state index < -0.39 is 4.92 Å². The summed E-state index contributed by atoms with van der Waals surface area (Å²) >= 11 is 0. The second-order valence-corrected chi connectivity index (χ2v) is 15.1. The van der Waals surface area contributed by atoms with Gasteiger partial charge in [0.15, 0.2) is 0 Å². The van der Waals surface area contributed by atoms with E-state index in [9.17, 15) is 10.1 Å². The first-order valence-corrected chi connectivity index (χ1v) is 16.2. The van der Waals surface area contributed by atoms with E-state index in [1.165, 1.54) is 12.1 Å². The summed E-state index contributed by atoms with van der Waals surface area (Å²) in [7, 11) is 1.32. The van der Waals surface area contributed by atoms with Crippen molar-refractivity contribution in [2.45, 2.75) is 92.5 Å². The van der Waals surface area contributed by atoms with Gasteiger partial charge in [0.05, 0.1) is 28.2 Å². The minimum atomic E-state index is -0.392. The molecule has 2 unspecified atom stereocenters. The van der Waals surface area contributed by atoms with Gasteiger partial charge in [0.25, 0.3) is 5.69 Å². The average molecular weight is 609 g/mol. The summed E-state index contributed by atoms with van der Waals surface area (Å²) in [5.74, 6) is 0. The second kappa shape index (κ2) is 14.1. The molecule has 8 heteroatoms. The quantitative estimate of drug-likeness (QED) is 0.117. The van der Waals surface area contributed by atoms with Gasteiger partial charge in [-0.25, -0.2) is 0 Å². The zero-order valence-corrected chi connectivity index (χ0v) is 31.8. The molecule has 0 aromatic heterocycles. The van der Waals surface area contributed by atoms with Gasteiger partial charge in [0.2, 0.25) is 0 Å². The molecule has 0 saturated carbocycles. The predicted molar refractivity (Wildman–Crippen MR) is 186 cm³/mol. The Kier molecular flexibility index (Phi) is 11.9. The summed E-state index contributed by atoms with van der Waals surface area (Å²) in [5, 5.41) is 10.8. The molecule has 0 fully saturated rings. The zero-order valence-electron chi connectivity index (χ0n) is 27.8. The van der Waals surface area contributed by atoms with Crippen LogP contribution in [0.2, 0.25) is 0 Å². The molecule has 0 radical (unpaired) electrons. The lowest BCUT2D eigenvalue weighted by Crippen LogP contribution is -2.69. The fourth-order valence-corrected chi connectivity index (χ4v) is 9.52. The van der Waals surface area contributed by atoms with E-state index in [-0.39, 0.29) is 39.8 Å². The first kappa shape index (κ1) is 35.4. The summed E-state index contributed by atoms with van der Waals surface area (Å²) in [4.78, 5) is 13.0. The number of anilines is 1. The van der Waals surface area contributed by atoms with Gasteiger partial charge in [-0.1, -0.05) is 90.1 Å². The molecule has 2 rings (SSSR count). The first-order valence-electron chi connectivity index (χ1n) is 14.6. The molecule has 6 nitrogen and oxygen atoms in total. The van der Waals surface area contributed by atoms with E-state index in [0.717, 1.165) is 16.8 Å². The van der Waals surface area contributed by atoms with Crippen molar-refractivity contribution in [3.63, 3.8) is 0 Å². The van der Waals surface area contributed by atoms with Crippen LogP contribution < -0.4 is 4.90 Å². The Morgan fingerprint density at radius 1 is 0.667 bits per heavy atom. The Labute approximate surface area is 260 Å². The maximum absolute atomic E-state index is 10.8. The number of non-ortho nitro benzene ring substituents is 1. The number of allylic oxidation sites excluding steroid dienone is 4. The molecule has 0 saturated heterocycles. The van der Waals surface area contributed by atoms with Gasteiger partial charge in [-0.05, 0) is 73.9 Å². The van der Waals surface area contributed by atoms with Crippen LogP contribution in [0.4, 0.5) is 11.4 Å². The van der Waals surface area contributed by atoms with E-state index in [0.29, 0.717) is 21.0 Å². The third-order valence-electron chi connectivity index (χ3n) is 7.65. The first-order chi connectivity index (χ1) is 19.4. The molecule has 0 heterocycles. The maximum Gasteiger partial charge on any atom is 0.269 e. The third kappa shape index (κ3) is 8.86. The van der Waals surface area contributed by atoms with Crippen LogP contribution in [0, 0.1) is 20.9 Å². The normalized spacial score (nSPS) is 15.2. The van der Waals surface area contributed by atoms with Crippen LogP contribution in [0.25, 0.3) is 12.2 Å². The summed E-state index contributed by atoms with van der Waals surface area (Å²) in [6.45, 7) is 22.8. The van der Waals surface area contributed by atoms with Crippen molar-refractivity contribution in [2.24, 2.45) is 10.8 Å². The summed E-state index contributed by atoms with van der Waals surface area (Å²) in [6.07, 6.45) is 11.9. The Morgan fingerprint density at radius 3 is 1.33 bits per heavy atom. The average Bonchev–Trinajstić information content (AvgIpc) is 2.85. The molecule has 2 aromatic carbocycles. The summed E-state index contributed by atoms with van der Waals surface area (Å²) in [5.41, 5.74) is 2.54. The Bertz CT molecular complexity index is 1220. The van der Waals surface area contributed by atoms with Crippen LogP contribution in [0.5, 0.6) is 0 Å². The van der Waals surface area contributed by atoms with E-state index in [2.05, 4.69) is 104 Å². The molecule has 0 aliphatic carbocycles. The van der Waals surface area contributed by atoms with Gasteiger partial charge in [-0.15, -0.1) is 0 Å². The van der Waals surface area contributed by atoms with Crippen LogP contribution in [0.3, 0.4) is 0 Å². The van der Waals surface area contributed by atoms with E-state index >= 15 is 0 Å². The fraction of sp³-hybridized carbons (Fsp3) is 0.471. The van der Waals surface area contributed by atoms with Crippen molar-refractivity contribution in [2.75, 3.05) is 4.90 Å². The van der Waals surface area contributed by atoms with Crippen LogP contribution in [-0.4, -0.2) is 49.2 Å². The minimum absolute atomic E-state index is 0.0226. The smallest absolute Gasteiger partial charge is 0.269 e. The number of hydrogen-bond donors (Lipinski definition) is 0. The van der Waals surface area contributed by atoms with Gasteiger partial charge < -0.3 is 13.8 Å². The van der Waals surface area contributed by atoms with Crippen molar-refractivity contribution in [3.05, 3.63) is 94.1 Å². The van der Waals surface area contributed by atoms with Gasteiger partial charge >= 0.3 is 0 Å². The standard InChI is InChI=1S/C34H52N2O4Si2/c1-31(2,3)29(39-41)33(7,8)35(34(9,10)30(40-42)32(4,5)6)27-21-17-25(18-22-27)15-13-11-12-14-16-26-19-23-28(24-20-26)36(37)38/h11-24,29-30H,1-10,41-42H3. The minimum Gasteiger partial charge on any atom is -0.422 e. The highest BCUT2D eigenvalue weighted by Gasteiger charge is 2.51. The molecule has 2 atom stereocenters. The van der Waals surface area contributed by atoms with Gasteiger partial charge in [-0.2, -0.15) is 0 Å². The van der Waals surface area contributed by atoms with Crippen molar-refractivity contribution >= 4 is 44.5 Å². The maximum atomic E-state index is 10.8. The van der Waals surface area contributed by atoms with Crippen LogP contribution in [0.15, 0.2) is 72.8 Å². The van der Waals surface area contributed by atoms with Gasteiger partial charge in [-0.3, -0.25) is 10.1 Å². The number of nitrogens with zero attached hydrogens (tertiary/aromatic N) is 2. The largest absolute Gasteiger partial charge is 0.422 e. The molecule has 42 heavy (non-hydrogen) atoms. The number of hydrogen-bond acceptors (Lipinski definition) is 5. The van der Waals surface area contributed by atoms with Crippen LogP contribution >= 0.6 is 0 Å². The van der Waals surface area contributed by atoms with Gasteiger partial charge in [0, 0.05) is 17.8 Å². The van der Waals surface area contributed by atoms with Crippen molar-refractivity contribution < 1.29 is 13.8 Å². The number of benzene rings is 2. The molecule has 2 aromatic rings. The summed E-state index contributed by atoms with van der Waals surface area (Å²) < 4.78 is 12.7. The second-order valence-electron chi connectivity index (χ2n) is 14.1. The van der Waals surface area contributed by atoms with Crippen molar-refractivity contribution in [1.29, 1.82) is 0 Å². The molecule has 0 aliphatic rings. The highest BCUT2D eigenvalue weighted by molar-refractivity contribution is 5.98. The van der Waals surface area contributed by atoms with Crippen molar-refractivity contribution in [1.82, 2.24) is 0 Å². The van der Waals surface area contributed by atoms with E-state index in [1.54, 1.807) is 12.1 Å². The van der Waals surface area contributed by atoms with E-state index in [1.807, 2.05) is 30.4 Å². The molecular weight excluding hydrogens is 557 g/mol. The third-order valence-corrected chi connectivity index (χ3v) is 8.59. The topological polar surface area (TPSA) is 64.8 Å². The summed E-state index contributed by atoms with van der Waals surface area (Å²) in [6, 6.07) is 15.2. The highest BCUT2D eigenvalue weighted by Crippen LogP contribution is 2.45. The van der Waals surface area contributed by atoms with Crippen LogP contribution in [-0.2, 0) is 8.85 Å². The fourth-order valence-electron chi connectivity index (χ4n) is 6.95. The predicted octanol–water partition coefficient (Wildman–Crippen LogP) is 6.66. The lowest BCUT2D eigenvalue weighted by molar-refractivity contribution is -0.384. The highest BCUT2D eigenvalue weighted by atomic mass is 28.2. The molecule has 0 amide bonds. The Hall–Kier alpha value is -2.79. The van der Waals surface area contributed by atoms with Gasteiger partial charge in [0.1, 0.15) is 21.0 Å². The molecular formula is C34H52N2O4Si2. The van der Waals surface area contributed by atoms with Crippen molar-refractivity contribution in [3.8, 4) is 0 Å². The Balaban J connectivity index is 2.36. The number of rotatable bonds is 12. The molecule has 0 bridgehead atoms. The Morgan fingerprint density at radius 2 is 1.02 bits per heavy atom. The van der Waals surface area contributed by atoms with E-state index in [4.69, 9.17) is 8.85 Å². The van der Waals surface area contributed by atoms with Crippen LogP contribution in [0.1, 0.15) is 80.4 Å². The lowest BCUT2D eigenvalue weighted by atomic mass is 9.71.